The van der Waals surface area contributed by atoms with E-state index in [-0.39, 0.29) is 10.8 Å². The van der Waals surface area contributed by atoms with Crippen LogP contribution in [0.25, 0.3) is 6.08 Å². The highest BCUT2D eigenvalue weighted by Crippen LogP contribution is 2.32. The molecule has 3 N–H and O–H groups in total. The van der Waals surface area contributed by atoms with E-state index in [9.17, 15) is 18.3 Å². The molecule has 0 fully saturated rings. The average molecular weight is 434 g/mol. The fraction of sp³-hybridized carbons (Fsp3) is 0.318. The van der Waals surface area contributed by atoms with Gasteiger partial charge in [-0.15, -0.1) is 0 Å². The van der Waals surface area contributed by atoms with Crippen LogP contribution in [0.15, 0.2) is 52.9 Å². The maximum Gasteiger partial charge on any atom is 0.331 e. The first-order valence-electron chi connectivity index (χ1n) is 9.51. The number of nitrogens with two attached hydrogens (primary N) is 1. The van der Waals surface area contributed by atoms with Crippen LogP contribution in [0.1, 0.15) is 36.5 Å². The molecular weight excluding hydrogens is 410 g/mol. The van der Waals surface area contributed by atoms with Crippen molar-refractivity contribution >= 4 is 33.5 Å². The van der Waals surface area contributed by atoms with Crippen LogP contribution < -0.4 is 5.73 Å². The van der Waals surface area contributed by atoms with Crippen molar-refractivity contribution in [3.63, 3.8) is 0 Å². The molecule has 0 spiro atoms. The van der Waals surface area contributed by atoms with E-state index in [4.69, 9.17) is 17.3 Å². The van der Waals surface area contributed by atoms with Gasteiger partial charge in [0.25, 0.3) is 0 Å². The number of aliphatic carboxylic acids is 1. The van der Waals surface area contributed by atoms with Crippen LogP contribution >= 0.6 is 11.6 Å². The quantitative estimate of drug-likeness (QED) is 0.641. The van der Waals surface area contributed by atoms with E-state index in [0.29, 0.717) is 23.4 Å². The number of carbonyl (C=O) groups is 1. The van der Waals surface area contributed by atoms with Crippen molar-refractivity contribution in [3.8, 4) is 0 Å². The fourth-order valence-corrected chi connectivity index (χ4v) is 5.27. The van der Waals surface area contributed by atoms with Gasteiger partial charge in [0.15, 0.2) is 9.84 Å². The van der Waals surface area contributed by atoms with Crippen molar-refractivity contribution < 1.29 is 18.3 Å². The van der Waals surface area contributed by atoms with E-state index in [2.05, 4.69) is 0 Å². The Labute approximate surface area is 176 Å². The van der Waals surface area contributed by atoms with Crippen LogP contribution in [0, 0.1) is 5.92 Å². The Kier molecular flexibility index (Phi) is 6.46. The Balaban J connectivity index is 1.72. The second-order valence-corrected chi connectivity index (χ2v) is 10.0. The predicted molar refractivity (Wildman–Crippen MR) is 114 cm³/mol. The van der Waals surface area contributed by atoms with E-state index < -0.39 is 21.2 Å². The molecule has 2 atom stereocenters. The third-order valence-corrected chi connectivity index (χ3v) is 7.52. The van der Waals surface area contributed by atoms with Crippen molar-refractivity contribution in [2.75, 3.05) is 0 Å². The van der Waals surface area contributed by atoms with Crippen molar-refractivity contribution in [1.29, 1.82) is 0 Å². The number of rotatable bonds is 7. The maximum atomic E-state index is 12.7. The van der Waals surface area contributed by atoms with Gasteiger partial charge >= 0.3 is 5.97 Å². The Morgan fingerprint density at radius 1 is 1.21 bits per heavy atom. The first kappa shape index (κ1) is 21.6. The molecule has 0 aliphatic heterocycles. The topological polar surface area (TPSA) is 97.5 Å². The first-order chi connectivity index (χ1) is 13.7. The summed E-state index contributed by atoms with van der Waals surface area (Å²) in [7, 11) is -3.62. The molecule has 5 nitrogen and oxygen atoms in total. The first-order valence-corrected chi connectivity index (χ1v) is 11.4. The van der Waals surface area contributed by atoms with Crippen molar-refractivity contribution in [2.45, 2.75) is 42.9 Å². The molecule has 2 aromatic rings. The molecule has 0 saturated carbocycles. The molecule has 0 saturated heterocycles. The summed E-state index contributed by atoms with van der Waals surface area (Å²) in [6, 6.07) is 11.9. The van der Waals surface area contributed by atoms with Gasteiger partial charge in [0.1, 0.15) is 5.37 Å². The summed E-state index contributed by atoms with van der Waals surface area (Å²) in [5, 5.41) is 8.70. The van der Waals surface area contributed by atoms with Crippen LogP contribution in [0.2, 0.25) is 5.02 Å². The number of hydrogen-bond acceptors (Lipinski definition) is 4. The van der Waals surface area contributed by atoms with Gasteiger partial charge in [-0.05, 0) is 78.6 Å². The summed E-state index contributed by atoms with van der Waals surface area (Å²) in [6.45, 7) is 1.81. The Hall–Kier alpha value is -2.15. The zero-order valence-corrected chi connectivity index (χ0v) is 17.7. The van der Waals surface area contributed by atoms with E-state index in [1.807, 2.05) is 25.1 Å². The highest BCUT2D eigenvalue weighted by Gasteiger charge is 2.30. The van der Waals surface area contributed by atoms with Gasteiger partial charge in [0, 0.05) is 10.6 Å². The lowest BCUT2D eigenvalue weighted by Gasteiger charge is -2.17. The van der Waals surface area contributed by atoms with Crippen LogP contribution in [-0.2, 0) is 27.5 Å². The number of sulfone groups is 1. The number of carboxylic acids is 1. The van der Waals surface area contributed by atoms with Gasteiger partial charge in [-0.2, -0.15) is 0 Å². The SMILES string of the molecule is CC/C(=C\c1ccc2c(c1)CC(CC(N)S(=O)(=O)c1ccc(Cl)cc1)C2)C(=O)O. The third-order valence-electron chi connectivity index (χ3n) is 5.35. The zero-order chi connectivity index (χ0) is 21.2. The minimum atomic E-state index is -3.62. The number of halogens is 1. The molecule has 2 unspecified atom stereocenters. The molecule has 3 rings (SSSR count). The summed E-state index contributed by atoms with van der Waals surface area (Å²) in [6.07, 6.45) is 4.00. The maximum absolute atomic E-state index is 12.7. The lowest BCUT2D eigenvalue weighted by Crippen LogP contribution is -2.33. The largest absolute Gasteiger partial charge is 0.478 e. The summed E-state index contributed by atoms with van der Waals surface area (Å²) >= 11 is 5.84. The summed E-state index contributed by atoms with van der Waals surface area (Å²) in [5.74, 6) is -0.782. The molecular formula is C22H24ClNO4S. The molecule has 0 aromatic heterocycles. The molecule has 1 aliphatic carbocycles. The Bertz CT molecular complexity index is 1040. The molecule has 7 heteroatoms. The fourth-order valence-electron chi connectivity index (χ4n) is 3.76. The predicted octanol–water partition coefficient (Wildman–Crippen LogP) is 4.08. The highest BCUT2D eigenvalue weighted by atomic mass is 35.5. The molecule has 0 bridgehead atoms. The van der Waals surface area contributed by atoms with Gasteiger partial charge in [-0.1, -0.05) is 36.7 Å². The lowest BCUT2D eigenvalue weighted by molar-refractivity contribution is -0.132. The molecule has 0 amide bonds. The number of carboxylic acid groups (broad SMARTS) is 1. The second-order valence-electron chi connectivity index (χ2n) is 7.40. The van der Waals surface area contributed by atoms with Crippen LogP contribution in [0.3, 0.4) is 0 Å². The van der Waals surface area contributed by atoms with E-state index in [0.717, 1.165) is 29.5 Å². The van der Waals surface area contributed by atoms with Gasteiger partial charge in [0.05, 0.1) is 4.90 Å². The summed E-state index contributed by atoms with van der Waals surface area (Å²) in [5.41, 5.74) is 9.58. The Morgan fingerprint density at radius 3 is 2.48 bits per heavy atom. The second kappa shape index (κ2) is 8.69. The number of benzene rings is 2. The molecule has 2 aromatic carbocycles. The number of hydrogen-bond donors (Lipinski definition) is 2. The van der Waals surface area contributed by atoms with Crippen molar-refractivity contribution in [3.05, 3.63) is 69.8 Å². The molecule has 0 radical (unpaired) electrons. The van der Waals surface area contributed by atoms with E-state index in [1.54, 1.807) is 18.2 Å². The van der Waals surface area contributed by atoms with Crippen molar-refractivity contribution in [2.24, 2.45) is 11.7 Å². The summed E-state index contributed by atoms with van der Waals surface area (Å²) < 4.78 is 25.5. The average Bonchev–Trinajstić information content (AvgIpc) is 3.07. The van der Waals surface area contributed by atoms with Crippen molar-refractivity contribution in [1.82, 2.24) is 0 Å². The van der Waals surface area contributed by atoms with Gasteiger partial charge in [0.2, 0.25) is 0 Å². The lowest BCUT2D eigenvalue weighted by atomic mass is 10.0. The highest BCUT2D eigenvalue weighted by molar-refractivity contribution is 7.92. The molecule has 29 heavy (non-hydrogen) atoms. The standard InChI is InChI=1S/C22H24ClNO4S/c1-2-16(22(25)26)9-14-3-4-17-11-15(12-18(17)10-14)13-21(24)29(27,28)20-7-5-19(23)6-8-20/h3-10,15,21H,2,11-13,24H2,1H3,(H,25,26)/b16-9+. The molecule has 154 valence electrons. The van der Waals surface area contributed by atoms with Crippen LogP contribution in [-0.4, -0.2) is 24.9 Å². The monoisotopic (exact) mass is 433 g/mol. The van der Waals surface area contributed by atoms with Crippen LogP contribution in [0.4, 0.5) is 0 Å². The van der Waals surface area contributed by atoms with E-state index in [1.165, 1.54) is 12.1 Å². The summed E-state index contributed by atoms with van der Waals surface area (Å²) in [4.78, 5) is 11.4. The minimum absolute atomic E-state index is 0.131. The molecule has 0 heterocycles. The van der Waals surface area contributed by atoms with Gasteiger partial charge in [-0.3, -0.25) is 0 Å². The number of fused-ring (bicyclic) bond motifs is 1. The van der Waals surface area contributed by atoms with Crippen LogP contribution in [0.5, 0.6) is 0 Å². The smallest absolute Gasteiger partial charge is 0.331 e. The van der Waals surface area contributed by atoms with E-state index >= 15 is 0 Å². The van der Waals surface area contributed by atoms with Gasteiger partial charge < -0.3 is 10.8 Å². The van der Waals surface area contributed by atoms with Gasteiger partial charge in [-0.25, -0.2) is 13.2 Å². The zero-order valence-electron chi connectivity index (χ0n) is 16.1. The Morgan fingerprint density at radius 2 is 1.86 bits per heavy atom. The molecule has 1 aliphatic rings. The minimum Gasteiger partial charge on any atom is -0.478 e. The third kappa shape index (κ3) is 4.89. The normalized spacial score (nSPS) is 17.8.